The zero-order valence-electron chi connectivity index (χ0n) is 13.5. The summed E-state index contributed by atoms with van der Waals surface area (Å²) in [7, 11) is 3.92. The van der Waals surface area contributed by atoms with E-state index in [1.807, 2.05) is 38.1 Å². The molecule has 0 amide bonds. The molecule has 1 aromatic carbocycles. The smallest absolute Gasteiger partial charge is 0.227 e. The molecule has 0 bridgehead atoms. The highest BCUT2D eigenvalue weighted by molar-refractivity contribution is 7.19. The highest BCUT2D eigenvalue weighted by atomic mass is 32.1. The normalized spacial score (nSPS) is 10.5. The van der Waals surface area contributed by atoms with E-state index in [1.165, 1.54) is 0 Å². The van der Waals surface area contributed by atoms with Gasteiger partial charge >= 0.3 is 0 Å². The van der Waals surface area contributed by atoms with Gasteiger partial charge in [-0.15, -0.1) is 4.91 Å². The molecule has 0 radical (unpaired) electrons. The van der Waals surface area contributed by atoms with Crippen LogP contribution in [-0.2, 0) is 0 Å². The van der Waals surface area contributed by atoms with E-state index in [4.69, 9.17) is 0 Å². The van der Waals surface area contributed by atoms with Crippen LogP contribution in [0.2, 0.25) is 0 Å². The lowest BCUT2D eigenvalue weighted by Crippen LogP contribution is -2.07. The van der Waals surface area contributed by atoms with Crippen LogP contribution in [0.5, 0.6) is 0 Å². The monoisotopic (exact) mass is 340 g/mol. The zero-order valence-corrected chi connectivity index (χ0v) is 14.3. The lowest BCUT2D eigenvalue weighted by molar-refractivity contribution is 1.09. The van der Waals surface area contributed by atoms with E-state index in [9.17, 15) is 4.91 Å². The Morgan fingerprint density at radius 1 is 1.21 bits per heavy atom. The Morgan fingerprint density at radius 3 is 2.75 bits per heavy atom. The standard InChI is InChI=1S/C16H16N6OS/c1-10-14(24-16(18-10)22(2)3)13-7-8-17-15(20-13)19-11-5-4-6-12(9-11)21-23/h4-9H,1-3H3,(H,17,19,20). The molecule has 0 saturated carbocycles. The Morgan fingerprint density at radius 2 is 2.04 bits per heavy atom. The molecule has 3 aromatic rings. The van der Waals surface area contributed by atoms with Crippen LogP contribution in [0.3, 0.4) is 0 Å². The molecule has 0 aliphatic heterocycles. The Balaban J connectivity index is 1.90. The fourth-order valence-corrected chi connectivity index (χ4v) is 3.09. The molecule has 0 fully saturated rings. The van der Waals surface area contributed by atoms with Crippen LogP contribution in [0.25, 0.3) is 10.6 Å². The third-order valence-electron chi connectivity index (χ3n) is 3.26. The average Bonchev–Trinajstić information content (AvgIpc) is 2.97. The van der Waals surface area contributed by atoms with Gasteiger partial charge in [0.05, 0.1) is 16.3 Å². The van der Waals surface area contributed by atoms with Crippen molar-refractivity contribution >= 4 is 33.8 Å². The molecule has 0 unspecified atom stereocenters. The van der Waals surface area contributed by atoms with E-state index in [1.54, 1.807) is 35.7 Å². The van der Waals surface area contributed by atoms with Gasteiger partial charge in [-0.3, -0.25) is 0 Å². The lowest BCUT2D eigenvalue weighted by Gasteiger charge is -2.06. The molecular weight excluding hydrogens is 324 g/mol. The Kier molecular flexibility index (Phi) is 4.48. The number of nitrogens with zero attached hydrogens (tertiary/aromatic N) is 5. The summed E-state index contributed by atoms with van der Waals surface area (Å²) in [6.07, 6.45) is 1.70. The summed E-state index contributed by atoms with van der Waals surface area (Å²) in [5, 5.41) is 6.95. The molecule has 0 spiro atoms. The Hall–Kier alpha value is -2.87. The van der Waals surface area contributed by atoms with Gasteiger partial charge in [0.15, 0.2) is 5.13 Å². The number of aryl methyl sites for hydroxylation is 1. The molecule has 7 nitrogen and oxygen atoms in total. The first-order valence-electron chi connectivity index (χ1n) is 7.25. The van der Waals surface area contributed by atoms with Crippen molar-refractivity contribution in [3.8, 4) is 10.6 Å². The number of nitroso groups, excluding NO2 is 1. The number of aromatic nitrogens is 3. The van der Waals surface area contributed by atoms with Gasteiger partial charge in [0, 0.05) is 26.0 Å². The van der Waals surface area contributed by atoms with E-state index in [2.05, 4.69) is 25.4 Å². The molecule has 122 valence electrons. The van der Waals surface area contributed by atoms with Crippen molar-refractivity contribution < 1.29 is 0 Å². The van der Waals surface area contributed by atoms with Crippen LogP contribution in [0.1, 0.15) is 5.69 Å². The van der Waals surface area contributed by atoms with Crippen molar-refractivity contribution in [2.45, 2.75) is 6.92 Å². The second-order valence-electron chi connectivity index (χ2n) is 5.34. The number of hydrogen-bond donors (Lipinski definition) is 1. The van der Waals surface area contributed by atoms with Gasteiger partial charge in [-0.05, 0) is 36.4 Å². The number of nitrogens with one attached hydrogen (secondary N) is 1. The van der Waals surface area contributed by atoms with Crippen LogP contribution in [0.15, 0.2) is 41.7 Å². The molecule has 2 aromatic heterocycles. The van der Waals surface area contributed by atoms with Crippen molar-refractivity contribution in [1.82, 2.24) is 15.0 Å². The van der Waals surface area contributed by atoms with E-state index in [0.29, 0.717) is 17.3 Å². The highest BCUT2D eigenvalue weighted by Crippen LogP contribution is 2.33. The van der Waals surface area contributed by atoms with Crippen molar-refractivity contribution in [2.75, 3.05) is 24.3 Å². The van der Waals surface area contributed by atoms with E-state index in [-0.39, 0.29) is 0 Å². The van der Waals surface area contributed by atoms with E-state index < -0.39 is 0 Å². The molecular formula is C16H16N6OS. The molecule has 3 rings (SSSR count). The number of anilines is 3. The summed E-state index contributed by atoms with van der Waals surface area (Å²) in [5.41, 5.74) is 2.80. The highest BCUT2D eigenvalue weighted by Gasteiger charge is 2.13. The Bertz CT molecular complexity index is 877. The van der Waals surface area contributed by atoms with Gasteiger partial charge in [-0.25, -0.2) is 15.0 Å². The van der Waals surface area contributed by atoms with Crippen molar-refractivity contribution in [1.29, 1.82) is 0 Å². The second kappa shape index (κ2) is 6.71. The minimum atomic E-state index is 0.352. The van der Waals surface area contributed by atoms with Crippen molar-refractivity contribution in [3.63, 3.8) is 0 Å². The molecule has 0 saturated heterocycles. The van der Waals surface area contributed by atoms with Crippen molar-refractivity contribution in [3.05, 3.63) is 47.1 Å². The number of benzene rings is 1. The first kappa shape index (κ1) is 16.0. The van der Waals surface area contributed by atoms with Gasteiger partial charge in [0.2, 0.25) is 5.95 Å². The number of rotatable bonds is 5. The largest absolute Gasteiger partial charge is 0.354 e. The summed E-state index contributed by atoms with van der Waals surface area (Å²) in [5.74, 6) is 0.453. The summed E-state index contributed by atoms with van der Waals surface area (Å²) < 4.78 is 0. The fourth-order valence-electron chi connectivity index (χ4n) is 2.13. The third kappa shape index (κ3) is 3.38. The van der Waals surface area contributed by atoms with Gasteiger partial charge in [0.25, 0.3) is 0 Å². The minimum Gasteiger partial charge on any atom is -0.354 e. The minimum absolute atomic E-state index is 0.352. The van der Waals surface area contributed by atoms with Gasteiger partial charge < -0.3 is 10.2 Å². The fraction of sp³-hybridized carbons (Fsp3) is 0.188. The summed E-state index contributed by atoms with van der Waals surface area (Å²) in [6.45, 7) is 1.97. The summed E-state index contributed by atoms with van der Waals surface area (Å²) in [6, 6.07) is 8.71. The average molecular weight is 340 g/mol. The predicted octanol–water partition coefficient (Wildman–Crippen LogP) is 4.12. The maximum atomic E-state index is 10.6. The summed E-state index contributed by atoms with van der Waals surface area (Å²) >= 11 is 1.58. The van der Waals surface area contributed by atoms with Crippen LogP contribution in [0.4, 0.5) is 22.5 Å². The number of hydrogen-bond acceptors (Lipinski definition) is 8. The summed E-state index contributed by atoms with van der Waals surface area (Å²) in [4.78, 5) is 26.9. The topological polar surface area (TPSA) is 83.4 Å². The molecule has 2 heterocycles. The molecule has 1 N–H and O–H groups in total. The third-order valence-corrected chi connectivity index (χ3v) is 4.61. The Labute approximate surface area is 143 Å². The number of thiazole rings is 1. The molecule has 8 heteroatoms. The zero-order chi connectivity index (χ0) is 17.1. The quantitative estimate of drug-likeness (QED) is 0.704. The second-order valence-corrected chi connectivity index (χ2v) is 6.32. The SMILES string of the molecule is Cc1nc(N(C)C)sc1-c1ccnc(Nc2cccc(N=O)c2)n1. The van der Waals surface area contributed by atoms with Gasteiger partial charge in [0.1, 0.15) is 5.69 Å². The van der Waals surface area contributed by atoms with Crippen LogP contribution in [0, 0.1) is 11.8 Å². The molecule has 0 atom stereocenters. The van der Waals surface area contributed by atoms with Gasteiger partial charge in [-0.2, -0.15) is 0 Å². The van der Waals surface area contributed by atoms with Crippen LogP contribution >= 0.6 is 11.3 Å². The first-order valence-corrected chi connectivity index (χ1v) is 8.07. The maximum absolute atomic E-state index is 10.6. The van der Waals surface area contributed by atoms with E-state index >= 15 is 0 Å². The van der Waals surface area contributed by atoms with Crippen LogP contribution < -0.4 is 10.2 Å². The molecule has 24 heavy (non-hydrogen) atoms. The first-order chi connectivity index (χ1) is 11.6. The predicted molar refractivity (Wildman–Crippen MR) is 97.4 cm³/mol. The van der Waals surface area contributed by atoms with Gasteiger partial charge in [-0.1, -0.05) is 17.4 Å². The van der Waals surface area contributed by atoms with Crippen molar-refractivity contribution in [2.24, 2.45) is 5.18 Å². The maximum Gasteiger partial charge on any atom is 0.227 e. The lowest BCUT2D eigenvalue weighted by atomic mass is 10.3. The molecule has 0 aliphatic carbocycles. The van der Waals surface area contributed by atoms with Crippen LogP contribution in [-0.4, -0.2) is 29.0 Å². The molecule has 0 aliphatic rings. The van der Waals surface area contributed by atoms with E-state index in [0.717, 1.165) is 21.4 Å².